The summed E-state index contributed by atoms with van der Waals surface area (Å²) in [6.07, 6.45) is 1.48. The number of methoxy groups -OCH3 is 1. The highest BCUT2D eigenvalue weighted by Crippen LogP contribution is 2.17. The normalized spacial score (nSPS) is 10.3. The maximum Gasteiger partial charge on any atom is 0.287 e. The maximum absolute atomic E-state index is 12.3. The van der Waals surface area contributed by atoms with Crippen LogP contribution in [-0.4, -0.2) is 26.2 Å². The third-order valence-corrected chi connectivity index (χ3v) is 3.81. The first kappa shape index (κ1) is 18.4. The van der Waals surface area contributed by atoms with Crippen molar-refractivity contribution in [2.45, 2.75) is 6.61 Å². The molecule has 3 rings (SSSR count). The lowest BCUT2D eigenvalue weighted by atomic mass is 10.2. The van der Waals surface area contributed by atoms with Crippen LogP contribution in [0, 0.1) is 0 Å². The van der Waals surface area contributed by atoms with E-state index < -0.39 is 0 Å². The highest BCUT2D eigenvalue weighted by atomic mass is 16.5. The monoisotopic (exact) mass is 367 g/mol. The molecule has 0 aliphatic rings. The molecule has 0 radical (unpaired) electrons. The molecule has 1 N–H and O–H groups in total. The lowest BCUT2D eigenvalue weighted by Crippen LogP contribution is -2.28. The van der Waals surface area contributed by atoms with Crippen LogP contribution in [0.1, 0.15) is 16.1 Å². The minimum Gasteiger partial charge on any atom is -0.497 e. The lowest BCUT2D eigenvalue weighted by Gasteiger charge is -2.09. The van der Waals surface area contributed by atoms with E-state index in [4.69, 9.17) is 18.6 Å². The van der Waals surface area contributed by atoms with Gasteiger partial charge in [0, 0.05) is 5.56 Å². The zero-order valence-corrected chi connectivity index (χ0v) is 15.0. The van der Waals surface area contributed by atoms with Crippen molar-refractivity contribution >= 4 is 5.91 Å². The van der Waals surface area contributed by atoms with E-state index in [1.807, 2.05) is 54.6 Å². The van der Waals surface area contributed by atoms with E-state index in [1.54, 1.807) is 13.2 Å². The van der Waals surface area contributed by atoms with Crippen LogP contribution in [0.5, 0.6) is 17.2 Å². The molecule has 0 bridgehead atoms. The molecule has 2 aromatic carbocycles. The summed E-state index contributed by atoms with van der Waals surface area (Å²) in [5.74, 6) is 2.15. The van der Waals surface area contributed by atoms with Crippen LogP contribution < -0.4 is 19.5 Å². The summed E-state index contributed by atoms with van der Waals surface area (Å²) in [6, 6.07) is 18.4. The fourth-order valence-electron chi connectivity index (χ4n) is 2.41. The number of benzene rings is 2. The van der Waals surface area contributed by atoms with Gasteiger partial charge < -0.3 is 23.9 Å². The van der Waals surface area contributed by atoms with Crippen LogP contribution in [0.3, 0.4) is 0 Å². The van der Waals surface area contributed by atoms with Crippen LogP contribution in [0.15, 0.2) is 71.3 Å². The Kier molecular flexibility index (Phi) is 6.35. The second-order valence-electron chi connectivity index (χ2n) is 5.66. The number of amides is 1. The SMILES string of the molecule is COc1ccc(OCCNC(=O)c2occc2COc2ccccc2)cc1. The summed E-state index contributed by atoms with van der Waals surface area (Å²) < 4.78 is 21.7. The van der Waals surface area contributed by atoms with Crippen LogP contribution in [0.25, 0.3) is 0 Å². The van der Waals surface area contributed by atoms with E-state index in [-0.39, 0.29) is 18.3 Å². The fourth-order valence-corrected chi connectivity index (χ4v) is 2.41. The van der Waals surface area contributed by atoms with Crippen molar-refractivity contribution in [2.24, 2.45) is 0 Å². The van der Waals surface area contributed by atoms with E-state index in [0.29, 0.717) is 24.5 Å². The van der Waals surface area contributed by atoms with Crippen LogP contribution in [-0.2, 0) is 6.61 Å². The Morgan fingerprint density at radius 3 is 2.37 bits per heavy atom. The Hall–Kier alpha value is -3.41. The van der Waals surface area contributed by atoms with Crippen LogP contribution in [0.2, 0.25) is 0 Å². The first-order valence-electron chi connectivity index (χ1n) is 8.55. The van der Waals surface area contributed by atoms with Gasteiger partial charge in [-0.15, -0.1) is 0 Å². The van der Waals surface area contributed by atoms with Gasteiger partial charge in [0.1, 0.15) is 30.5 Å². The molecule has 6 heteroatoms. The molecule has 0 fully saturated rings. The van der Waals surface area contributed by atoms with Gasteiger partial charge in [-0.1, -0.05) is 18.2 Å². The van der Waals surface area contributed by atoms with Gasteiger partial charge in [0.15, 0.2) is 5.76 Å². The predicted octanol–water partition coefficient (Wildman–Crippen LogP) is 3.68. The average Bonchev–Trinajstić information content (AvgIpc) is 3.19. The maximum atomic E-state index is 12.3. The topological polar surface area (TPSA) is 69.9 Å². The quantitative estimate of drug-likeness (QED) is 0.584. The van der Waals surface area contributed by atoms with Crippen molar-refractivity contribution in [3.63, 3.8) is 0 Å². The summed E-state index contributed by atoms with van der Waals surface area (Å²) in [4.78, 5) is 12.3. The van der Waals surface area contributed by atoms with Crippen molar-refractivity contribution in [3.05, 3.63) is 78.3 Å². The summed E-state index contributed by atoms with van der Waals surface area (Å²) >= 11 is 0. The largest absolute Gasteiger partial charge is 0.497 e. The summed E-state index contributed by atoms with van der Waals surface area (Å²) in [5.41, 5.74) is 0.687. The third-order valence-electron chi connectivity index (χ3n) is 3.81. The van der Waals surface area contributed by atoms with Gasteiger partial charge in [0.05, 0.1) is 19.9 Å². The van der Waals surface area contributed by atoms with Crippen molar-refractivity contribution in [1.82, 2.24) is 5.32 Å². The molecule has 6 nitrogen and oxygen atoms in total. The summed E-state index contributed by atoms with van der Waals surface area (Å²) in [6.45, 7) is 0.949. The van der Waals surface area contributed by atoms with Gasteiger partial charge in [-0.25, -0.2) is 0 Å². The molecule has 0 saturated carbocycles. The van der Waals surface area contributed by atoms with E-state index in [1.165, 1.54) is 6.26 Å². The molecule has 0 unspecified atom stereocenters. The minimum atomic E-state index is -0.301. The van der Waals surface area contributed by atoms with Gasteiger partial charge in [-0.3, -0.25) is 4.79 Å². The molecule has 1 heterocycles. The lowest BCUT2D eigenvalue weighted by molar-refractivity contribution is 0.0916. The van der Waals surface area contributed by atoms with E-state index >= 15 is 0 Å². The number of furan rings is 1. The van der Waals surface area contributed by atoms with Crippen LogP contribution in [0.4, 0.5) is 0 Å². The highest BCUT2D eigenvalue weighted by Gasteiger charge is 2.15. The molecular formula is C21H21NO5. The smallest absolute Gasteiger partial charge is 0.287 e. The summed E-state index contributed by atoms with van der Waals surface area (Å²) in [5, 5.41) is 2.78. The van der Waals surface area contributed by atoms with Gasteiger partial charge >= 0.3 is 0 Å². The van der Waals surface area contributed by atoms with Gasteiger partial charge in [0.2, 0.25) is 0 Å². The number of nitrogens with one attached hydrogen (secondary N) is 1. The zero-order valence-electron chi connectivity index (χ0n) is 15.0. The number of ether oxygens (including phenoxy) is 3. The average molecular weight is 367 g/mol. The van der Waals surface area contributed by atoms with E-state index in [2.05, 4.69) is 5.32 Å². The van der Waals surface area contributed by atoms with E-state index in [0.717, 1.165) is 11.5 Å². The van der Waals surface area contributed by atoms with Gasteiger partial charge in [-0.05, 0) is 42.5 Å². The van der Waals surface area contributed by atoms with Crippen LogP contribution >= 0.6 is 0 Å². The van der Waals surface area contributed by atoms with E-state index in [9.17, 15) is 4.79 Å². The standard InChI is InChI=1S/C21H21NO5/c1-24-17-7-9-19(10-8-17)25-14-12-22-21(23)20-16(11-13-26-20)15-27-18-5-3-2-4-6-18/h2-11,13H,12,14-15H2,1H3,(H,22,23). The molecule has 0 atom stereocenters. The number of rotatable bonds is 9. The fraction of sp³-hybridized carbons (Fsp3) is 0.190. The Balaban J connectivity index is 1.45. The Bertz CT molecular complexity index is 843. The molecule has 1 aromatic heterocycles. The molecule has 27 heavy (non-hydrogen) atoms. The van der Waals surface area contributed by atoms with Gasteiger partial charge in [-0.2, -0.15) is 0 Å². The zero-order chi connectivity index (χ0) is 18.9. The third kappa shape index (κ3) is 5.28. The first-order valence-corrected chi connectivity index (χ1v) is 8.55. The summed E-state index contributed by atoms with van der Waals surface area (Å²) in [7, 11) is 1.61. The second kappa shape index (κ2) is 9.33. The number of carbonyl (C=O) groups is 1. The molecular weight excluding hydrogens is 346 g/mol. The minimum absolute atomic E-state index is 0.246. The molecule has 0 spiro atoms. The number of hydrogen-bond donors (Lipinski definition) is 1. The van der Waals surface area contributed by atoms with Gasteiger partial charge in [0.25, 0.3) is 5.91 Å². The molecule has 0 saturated heterocycles. The molecule has 0 aliphatic heterocycles. The van der Waals surface area contributed by atoms with Crippen molar-refractivity contribution in [2.75, 3.05) is 20.3 Å². The van der Waals surface area contributed by atoms with Crippen molar-refractivity contribution in [1.29, 1.82) is 0 Å². The Morgan fingerprint density at radius 1 is 0.926 bits per heavy atom. The molecule has 140 valence electrons. The Morgan fingerprint density at radius 2 is 1.63 bits per heavy atom. The van der Waals surface area contributed by atoms with Crippen molar-refractivity contribution in [3.8, 4) is 17.2 Å². The number of hydrogen-bond acceptors (Lipinski definition) is 5. The highest BCUT2D eigenvalue weighted by molar-refractivity contribution is 5.92. The molecule has 0 aliphatic carbocycles. The molecule has 3 aromatic rings. The molecule has 1 amide bonds. The second-order valence-corrected chi connectivity index (χ2v) is 5.66. The number of carbonyl (C=O) groups excluding carboxylic acids is 1. The predicted molar refractivity (Wildman–Crippen MR) is 100 cm³/mol. The first-order chi connectivity index (χ1) is 13.3. The number of para-hydroxylation sites is 1. The Labute approximate surface area is 157 Å². The van der Waals surface area contributed by atoms with Crippen molar-refractivity contribution < 1.29 is 23.4 Å².